The Morgan fingerprint density at radius 1 is 1.03 bits per heavy atom. The monoisotopic (exact) mass is 434 g/mol. The number of nitrogens with one attached hydrogen (secondary N) is 1. The van der Waals surface area contributed by atoms with Gasteiger partial charge in [-0.3, -0.25) is 9.59 Å². The van der Waals surface area contributed by atoms with Gasteiger partial charge in [0.25, 0.3) is 5.91 Å². The molecule has 0 unspecified atom stereocenters. The van der Waals surface area contributed by atoms with Crippen LogP contribution in [-0.4, -0.2) is 46.2 Å². The van der Waals surface area contributed by atoms with Gasteiger partial charge in [-0.05, 0) is 51.0 Å². The summed E-state index contributed by atoms with van der Waals surface area (Å²) in [5.74, 6) is 0.861. The van der Waals surface area contributed by atoms with Gasteiger partial charge in [0.05, 0.1) is 18.5 Å². The molecule has 0 aliphatic rings. The first-order chi connectivity index (χ1) is 15.5. The van der Waals surface area contributed by atoms with E-state index in [0.29, 0.717) is 37.5 Å². The van der Waals surface area contributed by atoms with Gasteiger partial charge >= 0.3 is 0 Å². The van der Waals surface area contributed by atoms with Crippen molar-refractivity contribution in [1.82, 2.24) is 14.7 Å². The van der Waals surface area contributed by atoms with Gasteiger partial charge in [0.2, 0.25) is 5.91 Å². The number of nitrogens with zero attached hydrogens (tertiary/aromatic N) is 3. The Labute approximate surface area is 189 Å². The quantitative estimate of drug-likeness (QED) is 0.478. The van der Waals surface area contributed by atoms with E-state index in [4.69, 9.17) is 4.74 Å². The lowest BCUT2D eigenvalue weighted by atomic mass is 10.2. The van der Waals surface area contributed by atoms with Gasteiger partial charge < -0.3 is 15.0 Å². The van der Waals surface area contributed by atoms with Crippen molar-refractivity contribution in [2.75, 3.05) is 25.0 Å². The molecule has 168 valence electrons. The standard InChI is InChI=1S/C25H30N4O3/c1-4-28(5-2)25(31)21-18-26-29(20-13-7-6-8-14-20)24(21)27-23(30)16-11-17-32-22-15-10-9-12-19(22)3/h6-10,12-15,18H,4-5,11,16-17H2,1-3H3,(H,27,30). The molecule has 32 heavy (non-hydrogen) atoms. The highest BCUT2D eigenvalue weighted by molar-refractivity contribution is 6.03. The maximum absolute atomic E-state index is 13.0. The van der Waals surface area contributed by atoms with Gasteiger partial charge in [-0.2, -0.15) is 5.10 Å². The average Bonchev–Trinajstić information content (AvgIpc) is 3.22. The van der Waals surface area contributed by atoms with Gasteiger partial charge in [-0.25, -0.2) is 4.68 Å². The minimum atomic E-state index is -0.190. The second-order valence-electron chi connectivity index (χ2n) is 7.40. The summed E-state index contributed by atoms with van der Waals surface area (Å²) < 4.78 is 7.38. The van der Waals surface area contributed by atoms with Crippen LogP contribution in [0.25, 0.3) is 5.69 Å². The predicted octanol–water partition coefficient (Wildman–Crippen LogP) is 4.46. The van der Waals surface area contributed by atoms with Crippen molar-refractivity contribution < 1.29 is 14.3 Å². The summed E-state index contributed by atoms with van der Waals surface area (Å²) in [4.78, 5) is 27.4. The highest BCUT2D eigenvalue weighted by Crippen LogP contribution is 2.22. The molecule has 1 aromatic heterocycles. The number of anilines is 1. The van der Waals surface area contributed by atoms with Crippen molar-refractivity contribution in [3.63, 3.8) is 0 Å². The first kappa shape index (κ1) is 23.1. The van der Waals surface area contributed by atoms with Crippen LogP contribution < -0.4 is 10.1 Å². The first-order valence-corrected chi connectivity index (χ1v) is 11.0. The van der Waals surface area contributed by atoms with E-state index in [0.717, 1.165) is 17.0 Å². The van der Waals surface area contributed by atoms with Crippen molar-refractivity contribution in [1.29, 1.82) is 0 Å². The molecule has 0 fully saturated rings. The maximum Gasteiger partial charge on any atom is 0.259 e. The molecule has 0 saturated carbocycles. The van der Waals surface area contributed by atoms with E-state index in [1.54, 1.807) is 9.58 Å². The summed E-state index contributed by atoms with van der Waals surface area (Å²) in [6.07, 6.45) is 2.34. The maximum atomic E-state index is 13.0. The van der Waals surface area contributed by atoms with Crippen LogP contribution in [0.2, 0.25) is 0 Å². The third kappa shape index (κ3) is 5.55. The van der Waals surface area contributed by atoms with Crippen LogP contribution in [0.5, 0.6) is 5.75 Å². The second-order valence-corrected chi connectivity index (χ2v) is 7.40. The molecule has 1 heterocycles. The molecule has 0 bridgehead atoms. The number of amides is 2. The van der Waals surface area contributed by atoms with Gasteiger partial charge in [0.15, 0.2) is 0 Å². The number of para-hydroxylation sites is 2. The zero-order valence-electron chi connectivity index (χ0n) is 18.9. The fourth-order valence-corrected chi connectivity index (χ4v) is 3.40. The van der Waals surface area contributed by atoms with Crippen LogP contribution in [0.15, 0.2) is 60.8 Å². The molecule has 2 amide bonds. The number of aromatic nitrogens is 2. The number of hydrogen-bond donors (Lipinski definition) is 1. The molecule has 2 aromatic carbocycles. The van der Waals surface area contributed by atoms with E-state index in [9.17, 15) is 9.59 Å². The Balaban J connectivity index is 1.71. The summed E-state index contributed by atoms with van der Waals surface area (Å²) in [5.41, 5.74) is 2.20. The van der Waals surface area contributed by atoms with Crippen molar-refractivity contribution in [2.45, 2.75) is 33.6 Å². The third-order valence-corrected chi connectivity index (χ3v) is 5.21. The SMILES string of the molecule is CCN(CC)C(=O)c1cnn(-c2ccccc2)c1NC(=O)CCCOc1ccccc1C. The fraction of sp³-hybridized carbons (Fsp3) is 0.320. The first-order valence-electron chi connectivity index (χ1n) is 11.0. The van der Waals surface area contributed by atoms with E-state index in [1.165, 1.54) is 6.20 Å². The van der Waals surface area contributed by atoms with Crippen molar-refractivity contribution in [3.8, 4) is 11.4 Å². The summed E-state index contributed by atoms with van der Waals surface area (Å²) in [5, 5.41) is 7.30. The van der Waals surface area contributed by atoms with Gasteiger partial charge in [0, 0.05) is 19.5 Å². The van der Waals surface area contributed by atoms with E-state index in [1.807, 2.05) is 75.4 Å². The van der Waals surface area contributed by atoms with Crippen LogP contribution in [-0.2, 0) is 4.79 Å². The number of benzene rings is 2. The summed E-state index contributed by atoms with van der Waals surface area (Å²) in [6, 6.07) is 17.2. The molecular formula is C25H30N4O3. The van der Waals surface area contributed by atoms with E-state index in [2.05, 4.69) is 10.4 Å². The van der Waals surface area contributed by atoms with Crippen molar-refractivity contribution in [2.24, 2.45) is 0 Å². The van der Waals surface area contributed by atoms with Crippen LogP contribution in [0, 0.1) is 6.92 Å². The molecule has 0 saturated heterocycles. The van der Waals surface area contributed by atoms with Gasteiger partial charge in [-0.15, -0.1) is 0 Å². The summed E-state index contributed by atoms with van der Waals surface area (Å²) in [6.45, 7) is 7.43. The normalized spacial score (nSPS) is 10.6. The number of carbonyl (C=O) groups excluding carboxylic acids is 2. The number of rotatable bonds is 10. The molecule has 3 rings (SSSR count). The Kier molecular flexibility index (Phi) is 8.02. The highest BCUT2D eigenvalue weighted by Gasteiger charge is 2.23. The lowest BCUT2D eigenvalue weighted by Gasteiger charge is -2.19. The summed E-state index contributed by atoms with van der Waals surface area (Å²) >= 11 is 0. The molecule has 7 heteroatoms. The Morgan fingerprint density at radius 2 is 1.72 bits per heavy atom. The van der Waals surface area contributed by atoms with Crippen LogP contribution in [0.3, 0.4) is 0 Å². The van der Waals surface area contributed by atoms with Gasteiger partial charge in [-0.1, -0.05) is 36.4 Å². The zero-order chi connectivity index (χ0) is 22.9. The molecule has 7 nitrogen and oxygen atoms in total. The lowest BCUT2D eigenvalue weighted by Crippen LogP contribution is -2.31. The van der Waals surface area contributed by atoms with E-state index in [-0.39, 0.29) is 18.2 Å². The van der Waals surface area contributed by atoms with Crippen molar-refractivity contribution in [3.05, 3.63) is 71.9 Å². The number of ether oxygens (including phenoxy) is 1. The number of aryl methyl sites for hydroxylation is 1. The predicted molar refractivity (Wildman–Crippen MR) is 125 cm³/mol. The highest BCUT2D eigenvalue weighted by atomic mass is 16.5. The molecule has 0 aliphatic carbocycles. The van der Waals surface area contributed by atoms with Crippen LogP contribution >= 0.6 is 0 Å². The summed E-state index contributed by atoms with van der Waals surface area (Å²) in [7, 11) is 0. The van der Waals surface area contributed by atoms with E-state index < -0.39 is 0 Å². The average molecular weight is 435 g/mol. The van der Waals surface area contributed by atoms with Crippen molar-refractivity contribution >= 4 is 17.6 Å². The number of hydrogen-bond acceptors (Lipinski definition) is 4. The Hall–Kier alpha value is -3.61. The molecule has 0 radical (unpaired) electrons. The number of carbonyl (C=O) groups is 2. The second kappa shape index (κ2) is 11.1. The molecule has 1 N–H and O–H groups in total. The Bertz CT molecular complexity index is 1040. The lowest BCUT2D eigenvalue weighted by molar-refractivity contribution is -0.116. The third-order valence-electron chi connectivity index (χ3n) is 5.21. The van der Waals surface area contributed by atoms with Gasteiger partial charge in [0.1, 0.15) is 17.1 Å². The van der Waals surface area contributed by atoms with E-state index >= 15 is 0 Å². The zero-order valence-corrected chi connectivity index (χ0v) is 18.9. The van der Waals surface area contributed by atoms with Crippen LogP contribution in [0.1, 0.15) is 42.6 Å². The molecule has 0 spiro atoms. The molecule has 0 aliphatic heterocycles. The smallest absolute Gasteiger partial charge is 0.259 e. The minimum Gasteiger partial charge on any atom is -0.493 e. The largest absolute Gasteiger partial charge is 0.493 e. The minimum absolute atomic E-state index is 0.157. The fourth-order valence-electron chi connectivity index (χ4n) is 3.40. The molecule has 0 atom stereocenters. The molecular weight excluding hydrogens is 404 g/mol. The van der Waals surface area contributed by atoms with Crippen LogP contribution in [0.4, 0.5) is 5.82 Å². The molecule has 3 aromatic rings. The Morgan fingerprint density at radius 3 is 2.41 bits per heavy atom. The topological polar surface area (TPSA) is 76.5 Å².